The van der Waals surface area contributed by atoms with Crippen LogP contribution in [0.25, 0.3) is 0 Å². The molecule has 1 aliphatic rings. The van der Waals surface area contributed by atoms with Crippen molar-refractivity contribution in [3.63, 3.8) is 0 Å². The van der Waals surface area contributed by atoms with Crippen LogP contribution in [0.2, 0.25) is 0 Å². The third-order valence-corrected chi connectivity index (χ3v) is 5.34. The van der Waals surface area contributed by atoms with Crippen LogP contribution in [0.15, 0.2) is 29.2 Å². The van der Waals surface area contributed by atoms with Gasteiger partial charge in [-0.25, -0.2) is 13.1 Å². The Labute approximate surface area is 121 Å². The average Bonchev–Trinajstić information content (AvgIpc) is 3.21. The van der Waals surface area contributed by atoms with E-state index < -0.39 is 10.0 Å². The van der Waals surface area contributed by atoms with Gasteiger partial charge in [0.2, 0.25) is 10.0 Å². The average molecular weight is 296 g/mol. The molecular weight excluding hydrogens is 272 g/mol. The molecule has 4 nitrogen and oxygen atoms in total. The van der Waals surface area contributed by atoms with E-state index in [1.54, 1.807) is 18.2 Å². The van der Waals surface area contributed by atoms with E-state index in [2.05, 4.69) is 4.72 Å². The first-order valence-electron chi connectivity index (χ1n) is 7.30. The maximum Gasteiger partial charge on any atom is 0.240 e. The minimum absolute atomic E-state index is 0.0338. The van der Waals surface area contributed by atoms with E-state index in [1.165, 1.54) is 12.8 Å². The van der Waals surface area contributed by atoms with Crippen molar-refractivity contribution in [2.45, 2.75) is 56.5 Å². The summed E-state index contributed by atoms with van der Waals surface area (Å²) in [7, 11) is -3.45. The number of rotatable bonds is 7. The quantitative estimate of drug-likeness (QED) is 0.812. The monoisotopic (exact) mass is 296 g/mol. The molecule has 2 rings (SSSR count). The van der Waals surface area contributed by atoms with Crippen molar-refractivity contribution in [2.75, 3.05) is 0 Å². The van der Waals surface area contributed by atoms with Gasteiger partial charge in [-0.05, 0) is 43.4 Å². The van der Waals surface area contributed by atoms with Gasteiger partial charge >= 0.3 is 0 Å². The number of hydrogen-bond donors (Lipinski definition) is 2. The van der Waals surface area contributed by atoms with Gasteiger partial charge < -0.3 is 5.73 Å². The second-order valence-electron chi connectivity index (χ2n) is 5.77. The highest BCUT2D eigenvalue weighted by atomic mass is 32.2. The first kappa shape index (κ1) is 15.5. The lowest BCUT2D eigenvalue weighted by Crippen LogP contribution is -2.34. The molecule has 112 valence electrons. The molecule has 5 heteroatoms. The highest BCUT2D eigenvalue weighted by Crippen LogP contribution is 2.34. The molecule has 0 spiro atoms. The van der Waals surface area contributed by atoms with Crippen LogP contribution >= 0.6 is 0 Å². The molecule has 1 aliphatic carbocycles. The zero-order valence-corrected chi connectivity index (χ0v) is 13.0. The topological polar surface area (TPSA) is 72.2 Å². The number of hydrogen-bond acceptors (Lipinski definition) is 3. The molecule has 0 aromatic heterocycles. The number of sulfonamides is 1. The van der Waals surface area contributed by atoms with Gasteiger partial charge in [-0.3, -0.25) is 0 Å². The zero-order valence-electron chi connectivity index (χ0n) is 12.2. The molecule has 0 aliphatic heterocycles. The summed E-state index contributed by atoms with van der Waals surface area (Å²) in [4.78, 5) is 0.307. The van der Waals surface area contributed by atoms with Crippen molar-refractivity contribution >= 4 is 10.0 Å². The summed E-state index contributed by atoms with van der Waals surface area (Å²) in [6.07, 6.45) is 4.24. The Balaban J connectivity index is 2.13. The van der Waals surface area contributed by atoms with Crippen molar-refractivity contribution in [1.29, 1.82) is 0 Å². The van der Waals surface area contributed by atoms with Crippen molar-refractivity contribution < 1.29 is 8.42 Å². The summed E-state index contributed by atoms with van der Waals surface area (Å²) in [5.74, 6) is 0.707. The first-order valence-corrected chi connectivity index (χ1v) is 8.78. The molecule has 1 fully saturated rings. The molecule has 0 amide bonds. The normalized spacial score (nSPS) is 18.8. The maximum absolute atomic E-state index is 12.4. The van der Waals surface area contributed by atoms with E-state index >= 15 is 0 Å². The predicted octanol–water partition coefficient (Wildman–Crippen LogP) is 2.56. The summed E-state index contributed by atoms with van der Waals surface area (Å²) in [6, 6.07) is 6.75. The van der Waals surface area contributed by atoms with Crippen LogP contribution in [0.5, 0.6) is 0 Å². The molecule has 1 aromatic rings. The van der Waals surface area contributed by atoms with Gasteiger partial charge in [0.15, 0.2) is 0 Å². The molecular formula is C15H24N2O2S. The molecule has 20 heavy (non-hydrogen) atoms. The first-order chi connectivity index (χ1) is 9.42. The van der Waals surface area contributed by atoms with Crippen LogP contribution < -0.4 is 10.5 Å². The van der Waals surface area contributed by atoms with Gasteiger partial charge in [-0.15, -0.1) is 0 Å². The van der Waals surface area contributed by atoms with E-state index in [4.69, 9.17) is 5.73 Å². The summed E-state index contributed by atoms with van der Waals surface area (Å²) >= 11 is 0. The summed E-state index contributed by atoms with van der Waals surface area (Å²) < 4.78 is 27.7. The second kappa shape index (κ2) is 6.24. The van der Waals surface area contributed by atoms with E-state index in [9.17, 15) is 8.42 Å². The molecule has 1 saturated carbocycles. The standard InChI is InChI=1S/C15H24N2O2S/c1-3-14(9-12-7-8-12)17-20(18,19)15-6-4-5-13(10-15)11(2)16/h4-6,10-12,14,17H,3,7-9,16H2,1-2H3. The van der Waals surface area contributed by atoms with Crippen LogP contribution in [0.1, 0.15) is 51.1 Å². The van der Waals surface area contributed by atoms with Crippen molar-refractivity contribution in [3.05, 3.63) is 29.8 Å². The lowest BCUT2D eigenvalue weighted by atomic mass is 10.1. The summed E-state index contributed by atoms with van der Waals surface area (Å²) in [5, 5.41) is 0. The Kier molecular flexibility index (Phi) is 4.83. The van der Waals surface area contributed by atoms with E-state index in [0.29, 0.717) is 10.8 Å². The lowest BCUT2D eigenvalue weighted by molar-refractivity contribution is 0.495. The number of nitrogens with one attached hydrogen (secondary N) is 1. The molecule has 2 unspecified atom stereocenters. The third-order valence-electron chi connectivity index (χ3n) is 3.82. The number of nitrogens with two attached hydrogens (primary N) is 1. The highest BCUT2D eigenvalue weighted by Gasteiger charge is 2.27. The third kappa shape index (κ3) is 4.04. The molecule has 3 N–H and O–H groups in total. The maximum atomic E-state index is 12.4. The van der Waals surface area contributed by atoms with Gasteiger partial charge in [0, 0.05) is 12.1 Å². The van der Waals surface area contributed by atoms with E-state index in [-0.39, 0.29) is 12.1 Å². The SMILES string of the molecule is CCC(CC1CC1)NS(=O)(=O)c1cccc(C(C)N)c1. The minimum Gasteiger partial charge on any atom is -0.324 e. The lowest BCUT2D eigenvalue weighted by Gasteiger charge is -2.17. The van der Waals surface area contributed by atoms with Gasteiger partial charge in [-0.1, -0.05) is 31.9 Å². The van der Waals surface area contributed by atoms with Crippen molar-refractivity contribution in [2.24, 2.45) is 11.7 Å². The molecule has 2 atom stereocenters. The van der Waals surface area contributed by atoms with Crippen LogP contribution in [-0.2, 0) is 10.0 Å². The van der Waals surface area contributed by atoms with Gasteiger partial charge in [0.25, 0.3) is 0 Å². The Morgan fingerprint density at radius 1 is 1.40 bits per heavy atom. The molecule has 1 aromatic carbocycles. The zero-order chi connectivity index (χ0) is 14.8. The minimum atomic E-state index is -3.45. The smallest absolute Gasteiger partial charge is 0.240 e. The van der Waals surface area contributed by atoms with Crippen LogP contribution in [0.4, 0.5) is 0 Å². The van der Waals surface area contributed by atoms with Crippen LogP contribution in [0.3, 0.4) is 0 Å². The van der Waals surface area contributed by atoms with Gasteiger partial charge in [0.05, 0.1) is 4.90 Å². The van der Waals surface area contributed by atoms with E-state index in [0.717, 1.165) is 18.4 Å². The largest absolute Gasteiger partial charge is 0.324 e. The summed E-state index contributed by atoms with van der Waals surface area (Å²) in [5.41, 5.74) is 6.65. The predicted molar refractivity (Wildman–Crippen MR) is 80.8 cm³/mol. The van der Waals surface area contributed by atoms with Crippen LogP contribution in [0, 0.1) is 5.92 Å². The second-order valence-corrected chi connectivity index (χ2v) is 7.48. The summed E-state index contributed by atoms with van der Waals surface area (Å²) in [6.45, 7) is 3.87. The fourth-order valence-corrected chi connectivity index (χ4v) is 3.69. The molecule has 0 radical (unpaired) electrons. The Hall–Kier alpha value is -0.910. The Morgan fingerprint density at radius 3 is 2.65 bits per heavy atom. The number of benzene rings is 1. The molecule has 0 bridgehead atoms. The van der Waals surface area contributed by atoms with Gasteiger partial charge in [-0.2, -0.15) is 0 Å². The molecule has 0 heterocycles. The highest BCUT2D eigenvalue weighted by molar-refractivity contribution is 7.89. The fourth-order valence-electron chi connectivity index (χ4n) is 2.31. The van der Waals surface area contributed by atoms with Crippen molar-refractivity contribution in [1.82, 2.24) is 4.72 Å². The molecule has 0 saturated heterocycles. The van der Waals surface area contributed by atoms with Crippen molar-refractivity contribution in [3.8, 4) is 0 Å². The Bertz CT molecular complexity index is 551. The Morgan fingerprint density at radius 2 is 2.10 bits per heavy atom. The van der Waals surface area contributed by atoms with Gasteiger partial charge in [0.1, 0.15) is 0 Å². The van der Waals surface area contributed by atoms with Crippen LogP contribution in [-0.4, -0.2) is 14.5 Å². The van der Waals surface area contributed by atoms with E-state index in [1.807, 2.05) is 19.9 Å². The fraction of sp³-hybridized carbons (Fsp3) is 0.600.